The fraction of sp³-hybridized carbons (Fsp3) is 0.429. The Labute approximate surface area is 93.1 Å². The lowest BCUT2D eigenvalue weighted by Crippen LogP contribution is -2.18. The highest BCUT2D eigenvalue weighted by Gasteiger charge is 1.99. The second-order valence-corrected chi connectivity index (χ2v) is 3.75. The first-order valence-electron chi connectivity index (χ1n) is 5.51. The topological polar surface area (TPSA) is 3.24 Å². The molecule has 1 aromatic rings. The van der Waals surface area contributed by atoms with Gasteiger partial charge in [0, 0.05) is 25.7 Å². The first kappa shape index (κ1) is 11.7. The Morgan fingerprint density at radius 3 is 2.47 bits per heavy atom. The van der Waals surface area contributed by atoms with E-state index in [9.17, 15) is 0 Å². The summed E-state index contributed by atoms with van der Waals surface area (Å²) in [6.45, 7) is 3.20. The summed E-state index contributed by atoms with van der Waals surface area (Å²) >= 11 is 0. The Balaban J connectivity index is 2.51. The molecule has 0 aliphatic heterocycles. The van der Waals surface area contributed by atoms with E-state index < -0.39 is 0 Å². The van der Waals surface area contributed by atoms with Crippen LogP contribution in [0.15, 0.2) is 24.3 Å². The van der Waals surface area contributed by atoms with Crippen molar-refractivity contribution >= 4 is 5.69 Å². The highest BCUT2D eigenvalue weighted by Crippen LogP contribution is 2.14. The molecule has 0 saturated heterocycles. The van der Waals surface area contributed by atoms with E-state index in [4.69, 9.17) is 6.42 Å². The lowest BCUT2D eigenvalue weighted by molar-refractivity contribution is 0.811. The molecule has 0 aliphatic rings. The molecule has 1 rings (SSSR count). The number of hydrogen-bond acceptors (Lipinski definition) is 1. The van der Waals surface area contributed by atoms with Crippen LogP contribution >= 0.6 is 0 Å². The standard InChI is InChI=1S/C14H19N/c1-4-6-7-12-15(3)14-10-8-13(5-2)9-11-14/h1,8-11H,5-7,12H2,2-3H3. The summed E-state index contributed by atoms with van der Waals surface area (Å²) in [5, 5.41) is 0. The van der Waals surface area contributed by atoms with Crippen molar-refractivity contribution in [2.45, 2.75) is 26.2 Å². The van der Waals surface area contributed by atoms with E-state index in [0.717, 1.165) is 25.8 Å². The number of anilines is 1. The fourth-order valence-electron chi connectivity index (χ4n) is 1.53. The molecule has 0 N–H and O–H groups in total. The summed E-state index contributed by atoms with van der Waals surface area (Å²) in [6.07, 6.45) is 8.24. The normalized spacial score (nSPS) is 9.67. The van der Waals surface area contributed by atoms with Gasteiger partial charge in [0.05, 0.1) is 0 Å². The molecule has 80 valence electrons. The Bertz CT molecular complexity index is 318. The Kier molecular flexibility index (Phi) is 4.77. The predicted molar refractivity (Wildman–Crippen MR) is 67.2 cm³/mol. The molecule has 15 heavy (non-hydrogen) atoms. The van der Waals surface area contributed by atoms with E-state index in [0.29, 0.717) is 0 Å². The van der Waals surface area contributed by atoms with Crippen molar-refractivity contribution in [3.05, 3.63) is 29.8 Å². The molecule has 0 bridgehead atoms. The van der Waals surface area contributed by atoms with Gasteiger partial charge in [-0.05, 0) is 30.5 Å². The molecule has 0 aromatic heterocycles. The number of nitrogens with zero attached hydrogens (tertiary/aromatic N) is 1. The molecule has 0 unspecified atom stereocenters. The molecule has 1 aromatic carbocycles. The number of rotatable bonds is 5. The van der Waals surface area contributed by atoms with Gasteiger partial charge in [0.15, 0.2) is 0 Å². The Morgan fingerprint density at radius 1 is 1.27 bits per heavy atom. The van der Waals surface area contributed by atoms with Crippen molar-refractivity contribution in [1.82, 2.24) is 0 Å². The molecule has 1 heteroatoms. The van der Waals surface area contributed by atoms with Crippen LogP contribution in [0.1, 0.15) is 25.3 Å². The van der Waals surface area contributed by atoms with Gasteiger partial charge in [-0.15, -0.1) is 12.3 Å². The first-order valence-corrected chi connectivity index (χ1v) is 5.51. The van der Waals surface area contributed by atoms with Crippen LogP contribution in [0.2, 0.25) is 0 Å². The molecular weight excluding hydrogens is 182 g/mol. The van der Waals surface area contributed by atoms with Crippen molar-refractivity contribution in [2.75, 3.05) is 18.5 Å². The highest BCUT2D eigenvalue weighted by molar-refractivity contribution is 5.46. The second-order valence-electron chi connectivity index (χ2n) is 3.75. The van der Waals surface area contributed by atoms with Crippen molar-refractivity contribution in [1.29, 1.82) is 0 Å². The van der Waals surface area contributed by atoms with E-state index in [-0.39, 0.29) is 0 Å². The number of aryl methyl sites for hydroxylation is 1. The van der Waals surface area contributed by atoms with Gasteiger partial charge in [-0.3, -0.25) is 0 Å². The van der Waals surface area contributed by atoms with Crippen molar-refractivity contribution in [3.63, 3.8) is 0 Å². The van der Waals surface area contributed by atoms with Crippen LogP contribution in [0, 0.1) is 12.3 Å². The fourth-order valence-corrected chi connectivity index (χ4v) is 1.53. The van der Waals surface area contributed by atoms with Crippen molar-refractivity contribution in [3.8, 4) is 12.3 Å². The van der Waals surface area contributed by atoms with Gasteiger partial charge in [-0.1, -0.05) is 19.1 Å². The van der Waals surface area contributed by atoms with Crippen molar-refractivity contribution < 1.29 is 0 Å². The van der Waals surface area contributed by atoms with Gasteiger partial charge in [-0.2, -0.15) is 0 Å². The maximum absolute atomic E-state index is 5.22. The van der Waals surface area contributed by atoms with Crippen LogP contribution in [-0.2, 0) is 6.42 Å². The number of terminal acetylenes is 1. The summed E-state index contributed by atoms with van der Waals surface area (Å²) in [5.41, 5.74) is 2.65. The zero-order valence-electron chi connectivity index (χ0n) is 9.66. The molecule has 0 spiro atoms. The summed E-state index contributed by atoms with van der Waals surface area (Å²) < 4.78 is 0. The zero-order chi connectivity index (χ0) is 11.1. The summed E-state index contributed by atoms with van der Waals surface area (Å²) in [5.74, 6) is 2.67. The lowest BCUT2D eigenvalue weighted by Gasteiger charge is -2.18. The average Bonchev–Trinajstić information content (AvgIpc) is 2.29. The third kappa shape index (κ3) is 3.67. The Morgan fingerprint density at radius 2 is 1.93 bits per heavy atom. The van der Waals surface area contributed by atoms with Gasteiger partial charge in [0.1, 0.15) is 0 Å². The molecule has 0 radical (unpaired) electrons. The zero-order valence-corrected chi connectivity index (χ0v) is 9.66. The minimum absolute atomic E-state index is 0.859. The minimum Gasteiger partial charge on any atom is -0.375 e. The van der Waals surface area contributed by atoms with Crippen LogP contribution in [0.25, 0.3) is 0 Å². The SMILES string of the molecule is C#CCCCN(C)c1ccc(CC)cc1. The van der Waals surface area contributed by atoms with E-state index >= 15 is 0 Å². The van der Waals surface area contributed by atoms with Gasteiger partial charge >= 0.3 is 0 Å². The van der Waals surface area contributed by atoms with Crippen LogP contribution in [0.4, 0.5) is 5.69 Å². The molecule has 0 saturated carbocycles. The first-order chi connectivity index (χ1) is 7.27. The van der Waals surface area contributed by atoms with Crippen LogP contribution in [0.3, 0.4) is 0 Å². The third-order valence-corrected chi connectivity index (χ3v) is 2.60. The van der Waals surface area contributed by atoms with Crippen LogP contribution in [0.5, 0.6) is 0 Å². The molecule has 0 aliphatic carbocycles. The summed E-state index contributed by atoms with van der Waals surface area (Å²) in [4.78, 5) is 2.25. The number of benzene rings is 1. The van der Waals surface area contributed by atoms with E-state index in [1.165, 1.54) is 11.3 Å². The Hall–Kier alpha value is -1.42. The molecule has 0 amide bonds. The van der Waals surface area contributed by atoms with Gasteiger partial charge < -0.3 is 4.90 Å². The highest BCUT2D eigenvalue weighted by atomic mass is 15.1. The molecule has 0 atom stereocenters. The molecule has 0 fully saturated rings. The lowest BCUT2D eigenvalue weighted by atomic mass is 10.1. The van der Waals surface area contributed by atoms with Crippen LogP contribution < -0.4 is 4.90 Å². The van der Waals surface area contributed by atoms with Gasteiger partial charge in [0.25, 0.3) is 0 Å². The van der Waals surface area contributed by atoms with Gasteiger partial charge in [0.2, 0.25) is 0 Å². The van der Waals surface area contributed by atoms with E-state index in [1.807, 2.05) is 0 Å². The van der Waals surface area contributed by atoms with Crippen molar-refractivity contribution in [2.24, 2.45) is 0 Å². The van der Waals surface area contributed by atoms with E-state index in [2.05, 4.69) is 49.1 Å². The molecule has 0 heterocycles. The van der Waals surface area contributed by atoms with Crippen LogP contribution in [-0.4, -0.2) is 13.6 Å². The molecular formula is C14H19N. The summed E-state index contributed by atoms with van der Waals surface area (Å²) in [6, 6.07) is 8.73. The van der Waals surface area contributed by atoms with E-state index in [1.54, 1.807) is 0 Å². The summed E-state index contributed by atoms with van der Waals surface area (Å²) in [7, 11) is 2.11. The maximum atomic E-state index is 5.22. The minimum atomic E-state index is 0.859. The quantitative estimate of drug-likeness (QED) is 0.522. The predicted octanol–water partition coefficient (Wildman–Crippen LogP) is 3.10. The third-order valence-electron chi connectivity index (χ3n) is 2.60. The average molecular weight is 201 g/mol. The number of hydrogen-bond donors (Lipinski definition) is 0. The monoisotopic (exact) mass is 201 g/mol. The smallest absolute Gasteiger partial charge is 0.0363 e. The largest absolute Gasteiger partial charge is 0.375 e. The number of unbranched alkanes of at least 4 members (excludes halogenated alkanes) is 1. The second kappa shape index (κ2) is 6.14. The van der Waals surface area contributed by atoms with Gasteiger partial charge in [-0.25, -0.2) is 0 Å². The maximum Gasteiger partial charge on any atom is 0.0363 e. The molecule has 1 nitrogen and oxygen atoms in total.